The van der Waals surface area contributed by atoms with Gasteiger partial charge in [-0.15, -0.1) is 0 Å². The van der Waals surface area contributed by atoms with Crippen molar-refractivity contribution in [2.24, 2.45) is 0 Å². The smallest absolute Gasteiger partial charge is 0.411 e. The molecule has 0 aliphatic heterocycles. The summed E-state index contributed by atoms with van der Waals surface area (Å²) < 4.78 is 11.1. The fourth-order valence-electron chi connectivity index (χ4n) is 3.43. The van der Waals surface area contributed by atoms with Crippen LogP contribution in [0.25, 0.3) is 0 Å². The van der Waals surface area contributed by atoms with Crippen molar-refractivity contribution in [3.05, 3.63) is 86.6 Å². The molecular weight excluding hydrogens is 454 g/mol. The molecule has 0 saturated heterocycles. The van der Waals surface area contributed by atoms with E-state index in [0.717, 1.165) is 10.1 Å². The molecule has 0 aliphatic rings. The zero-order valence-electron chi connectivity index (χ0n) is 19.4. The van der Waals surface area contributed by atoms with Crippen molar-refractivity contribution in [2.45, 2.75) is 20.0 Å². The number of aromatic amines is 1. The SMILES string of the molecule is CCOC(=O)Nc1cccc(C(=O)N(Cc2ccccc2)c2c(N)n(CCOC)c(=O)[nH]c2=O)c1. The van der Waals surface area contributed by atoms with Crippen molar-refractivity contribution in [1.82, 2.24) is 9.55 Å². The van der Waals surface area contributed by atoms with E-state index in [1.54, 1.807) is 49.4 Å². The highest BCUT2D eigenvalue weighted by Crippen LogP contribution is 2.23. The van der Waals surface area contributed by atoms with Crippen molar-refractivity contribution in [3.63, 3.8) is 0 Å². The van der Waals surface area contributed by atoms with Crippen LogP contribution in [-0.4, -0.2) is 41.9 Å². The normalized spacial score (nSPS) is 10.6. The Morgan fingerprint density at radius 3 is 2.54 bits per heavy atom. The maximum Gasteiger partial charge on any atom is 0.411 e. The third-order valence-corrected chi connectivity index (χ3v) is 5.06. The minimum atomic E-state index is -0.800. The van der Waals surface area contributed by atoms with E-state index in [9.17, 15) is 19.2 Å². The lowest BCUT2D eigenvalue weighted by Gasteiger charge is -2.25. The van der Waals surface area contributed by atoms with Gasteiger partial charge in [0, 0.05) is 18.4 Å². The number of carbonyl (C=O) groups excluding carboxylic acids is 2. The van der Waals surface area contributed by atoms with E-state index in [4.69, 9.17) is 15.2 Å². The van der Waals surface area contributed by atoms with Gasteiger partial charge in [-0.05, 0) is 30.7 Å². The monoisotopic (exact) mass is 481 g/mol. The number of nitrogen functional groups attached to an aromatic ring is 1. The van der Waals surface area contributed by atoms with Gasteiger partial charge in [0.1, 0.15) is 5.82 Å². The van der Waals surface area contributed by atoms with E-state index < -0.39 is 23.2 Å². The van der Waals surface area contributed by atoms with Gasteiger partial charge in [-0.25, -0.2) is 9.59 Å². The van der Waals surface area contributed by atoms with E-state index in [2.05, 4.69) is 10.3 Å². The fraction of sp³-hybridized carbons (Fsp3) is 0.250. The quantitative estimate of drug-likeness (QED) is 0.424. The molecule has 0 radical (unpaired) electrons. The summed E-state index contributed by atoms with van der Waals surface area (Å²) in [5.41, 5.74) is 5.82. The molecule has 1 aromatic heterocycles. The molecule has 184 valence electrons. The average Bonchev–Trinajstić information content (AvgIpc) is 2.83. The first kappa shape index (κ1) is 25.2. The lowest BCUT2D eigenvalue weighted by atomic mass is 10.1. The van der Waals surface area contributed by atoms with Crippen LogP contribution in [0.3, 0.4) is 0 Å². The van der Waals surface area contributed by atoms with Gasteiger partial charge >= 0.3 is 11.8 Å². The van der Waals surface area contributed by atoms with Gasteiger partial charge in [-0.1, -0.05) is 36.4 Å². The highest BCUT2D eigenvalue weighted by atomic mass is 16.5. The van der Waals surface area contributed by atoms with E-state index in [-0.39, 0.29) is 43.4 Å². The first-order valence-electron chi connectivity index (χ1n) is 10.9. The molecule has 2 amide bonds. The van der Waals surface area contributed by atoms with Gasteiger partial charge in [-0.3, -0.25) is 29.4 Å². The molecule has 3 aromatic rings. The van der Waals surface area contributed by atoms with Crippen molar-refractivity contribution in [1.29, 1.82) is 0 Å². The van der Waals surface area contributed by atoms with Crippen LogP contribution >= 0.6 is 0 Å². The molecule has 11 heteroatoms. The summed E-state index contributed by atoms with van der Waals surface area (Å²) in [6.45, 7) is 2.12. The molecule has 0 atom stereocenters. The number of carbonyl (C=O) groups is 2. The number of methoxy groups -OCH3 is 1. The largest absolute Gasteiger partial charge is 0.450 e. The Morgan fingerprint density at radius 2 is 1.86 bits per heavy atom. The fourth-order valence-corrected chi connectivity index (χ4v) is 3.43. The first-order chi connectivity index (χ1) is 16.8. The lowest BCUT2D eigenvalue weighted by molar-refractivity contribution is 0.0984. The van der Waals surface area contributed by atoms with E-state index >= 15 is 0 Å². The van der Waals surface area contributed by atoms with Crippen molar-refractivity contribution >= 4 is 29.2 Å². The molecule has 35 heavy (non-hydrogen) atoms. The maximum atomic E-state index is 13.7. The second-order valence-electron chi connectivity index (χ2n) is 7.44. The van der Waals surface area contributed by atoms with Crippen LogP contribution in [0.4, 0.5) is 22.0 Å². The third kappa shape index (κ3) is 6.15. The summed E-state index contributed by atoms with van der Waals surface area (Å²) >= 11 is 0. The van der Waals surface area contributed by atoms with Gasteiger partial charge < -0.3 is 15.2 Å². The Hall–Kier alpha value is -4.38. The Kier molecular flexibility index (Phi) is 8.41. The number of nitrogens with zero attached hydrogens (tertiary/aromatic N) is 2. The molecule has 4 N–H and O–H groups in total. The summed E-state index contributed by atoms with van der Waals surface area (Å²) in [5.74, 6) is -0.726. The van der Waals surface area contributed by atoms with Gasteiger partial charge in [-0.2, -0.15) is 0 Å². The maximum absolute atomic E-state index is 13.7. The molecule has 2 aromatic carbocycles. The average molecular weight is 482 g/mol. The van der Waals surface area contributed by atoms with Crippen LogP contribution in [0.5, 0.6) is 0 Å². The summed E-state index contributed by atoms with van der Waals surface area (Å²) in [5, 5.41) is 2.55. The van der Waals surface area contributed by atoms with E-state index in [1.807, 2.05) is 6.07 Å². The van der Waals surface area contributed by atoms with E-state index in [0.29, 0.717) is 5.69 Å². The Bertz CT molecular complexity index is 1300. The Labute approximate surface area is 201 Å². The number of hydrogen-bond donors (Lipinski definition) is 3. The number of aromatic nitrogens is 2. The third-order valence-electron chi connectivity index (χ3n) is 5.06. The van der Waals surface area contributed by atoms with Crippen LogP contribution in [0.2, 0.25) is 0 Å². The molecule has 0 spiro atoms. The highest BCUT2D eigenvalue weighted by molar-refractivity contribution is 6.07. The number of nitrogens with two attached hydrogens (primary N) is 1. The number of anilines is 3. The minimum absolute atomic E-state index is 0.00493. The molecule has 0 fully saturated rings. The summed E-state index contributed by atoms with van der Waals surface area (Å²) in [6.07, 6.45) is -0.663. The molecule has 3 rings (SSSR count). The van der Waals surface area contributed by atoms with Crippen molar-refractivity contribution in [3.8, 4) is 0 Å². The zero-order valence-corrected chi connectivity index (χ0v) is 19.4. The topological polar surface area (TPSA) is 149 Å². The molecule has 1 heterocycles. The van der Waals surface area contributed by atoms with Gasteiger partial charge in [0.25, 0.3) is 11.5 Å². The minimum Gasteiger partial charge on any atom is -0.450 e. The van der Waals surface area contributed by atoms with Gasteiger partial charge in [0.05, 0.1) is 26.3 Å². The number of ether oxygens (including phenoxy) is 2. The molecular formula is C24H27N5O6. The lowest BCUT2D eigenvalue weighted by Crippen LogP contribution is -2.41. The van der Waals surface area contributed by atoms with Crippen LogP contribution in [0, 0.1) is 0 Å². The van der Waals surface area contributed by atoms with Gasteiger partial charge in [0.2, 0.25) is 0 Å². The zero-order chi connectivity index (χ0) is 25.4. The molecule has 0 saturated carbocycles. The molecule has 11 nitrogen and oxygen atoms in total. The number of H-pyrrole nitrogens is 1. The van der Waals surface area contributed by atoms with Crippen LogP contribution in [-0.2, 0) is 22.6 Å². The number of rotatable bonds is 9. The van der Waals surface area contributed by atoms with Crippen LogP contribution < -0.4 is 27.2 Å². The number of amides is 2. The number of hydrogen-bond acceptors (Lipinski definition) is 7. The molecule has 0 bridgehead atoms. The standard InChI is InChI=1S/C24H27N5O6/c1-3-35-24(33)26-18-11-7-10-17(14-18)22(31)29(15-16-8-5-4-6-9-16)19-20(25)28(12-13-34-2)23(32)27-21(19)30/h4-11,14H,3,12-13,15,25H2,1-2H3,(H,26,33)(H,27,30,32). The van der Waals surface area contributed by atoms with Crippen molar-refractivity contribution < 1.29 is 19.1 Å². The van der Waals surface area contributed by atoms with Gasteiger partial charge in [0.15, 0.2) is 5.69 Å². The molecule has 0 aliphatic carbocycles. The summed E-state index contributed by atoms with van der Waals surface area (Å²) in [4.78, 5) is 54.2. The number of nitrogens with one attached hydrogen (secondary N) is 2. The Balaban J connectivity index is 2.08. The predicted molar refractivity (Wildman–Crippen MR) is 132 cm³/mol. The van der Waals surface area contributed by atoms with Crippen LogP contribution in [0.1, 0.15) is 22.8 Å². The summed E-state index contributed by atoms with van der Waals surface area (Å²) in [7, 11) is 1.47. The van der Waals surface area contributed by atoms with E-state index in [1.165, 1.54) is 18.1 Å². The Morgan fingerprint density at radius 1 is 1.11 bits per heavy atom. The summed E-state index contributed by atoms with van der Waals surface area (Å²) in [6, 6.07) is 15.2. The number of benzene rings is 2. The second-order valence-corrected chi connectivity index (χ2v) is 7.44. The molecule has 0 unspecified atom stereocenters. The second kappa shape index (κ2) is 11.7. The first-order valence-corrected chi connectivity index (χ1v) is 10.9. The van der Waals surface area contributed by atoms with Crippen molar-refractivity contribution in [2.75, 3.05) is 36.3 Å². The van der Waals surface area contributed by atoms with Crippen LogP contribution in [0.15, 0.2) is 64.2 Å². The predicted octanol–water partition coefficient (Wildman–Crippen LogP) is 2.18. The highest BCUT2D eigenvalue weighted by Gasteiger charge is 2.26.